The maximum atomic E-state index is 10.8. The second-order valence-electron chi connectivity index (χ2n) is 4.83. The van der Waals surface area contributed by atoms with Crippen LogP contribution in [0, 0.1) is 11.8 Å². The van der Waals surface area contributed by atoms with Crippen molar-refractivity contribution in [2.75, 3.05) is 13.1 Å². The summed E-state index contributed by atoms with van der Waals surface area (Å²) >= 11 is 11.8. The van der Waals surface area contributed by atoms with E-state index in [1.54, 1.807) is 13.0 Å². The summed E-state index contributed by atoms with van der Waals surface area (Å²) in [7, 11) is 0. The van der Waals surface area contributed by atoms with Crippen LogP contribution in [0.4, 0.5) is 0 Å². The summed E-state index contributed by atoms with van der Waals surface area (Å²) in [5, 5.41) is 10.0. The molecule has 1 aromatic carbocycles. The van der Waals surface area contributed by atoms with E-state index < -0.39 is 5.97 Å². The fourth-order valence-corrected chi connectivity index (χ4v) is 2.47. The van der Waals surface area contributed by atoms with Crippen LogP contribution in [-0.4, -0.2) is 29.1 Å². The number of halogens is 2. The van der Waals surface area contributed by atoms with Gasteiger partial charge in [0.2, 0.25) is 0 Å². The third-order valence-electron chi connectivity index (χ3n) is 3.47. The van der Waals surface area contributed by atoms with Gasteiger partial charge in [0.05, 0.1) is 16.0 Å². The van der Waals surface area contributed by atoms with Crippen molar-refractivity contribution in [1.82, 2.24) is 4.90 Å². The summed E-state index contributed by atoms with van der Waals surface area (Å²) in [4.78, 5) is 13.0. The number of benzene rings is 1. The van der Waals surface area contributed by atoms with Crippen LogP contribution in [0.3, 0.4) is 0 Å². The van der Waals surface area contributed by atoms with Gasteiger partial charge in [0.25, 0.3) is 0 Å². The lowest BCUT2D eigenvalue weighted by Crippen LogP contribution is -2.50. The summed E-state index contributed by atoms with van der Waals surface area (Å²) < 4.78 is 0. The van der Waals surface area contributed by atoms with Gasteiger partial charge in [0, 0.05) is 19.6 Å². The fourth-order valence-electron chi connectivity index (χ4n) is 2.15. The zero-order chi connectivity index (χ0) is 13.3. The Kier molecular flexibility index (Phi) is 4.15. The number of carbonyl (C=O) groups is 1. The van der Waals surface area contributed by atoms with Gasteiger partial charge in [-0.2, -0.15) is 0 Å². The van der Waals surface area contributed by atoms with E-state index in [4.69, 9.17) is 28.3 Å². The number of hydrogen-bond acceptors (Lipinski definition) is 2. The molecule has 3 nitrogen and oxygen atoms in total. The van der Waals surface area contributed by atoms with Crippen LogP contribution in [-0.2, 0) is 11.3 Å². The minimum absolute atomic E-state index is 0.255. The van der Waals surface area contributed by atoms with Gasteiger partial charge in [0.15, 0.2) is 0 Å². The molecule has 0 spiro atoms. The zero-order valence-corrected chi connectivity index (χ0v) is 11.6. The van der Waals surface area contributed by atoms with E-state index in [1.165, 1.54) is 0 Å². The van der Waals surface area contributed by atoms with Crippen molar-refractivity contribution >= 4 is 29.2 Å². The largest absolute Gasteiger partial charge is 0.481 e. The van der Waals surface area contributed by atoms with Crippen molar-refractivity contribution in [2.45, 2.75) is 13.5 Å². The zero-order valence-electron chi connectivity index (χ0n) is 10.1. The van der Waals surface area contributed by atoms with Gasteiger partial charge in [-0.15, -0.1) is 0 Å². The molecule has 1 saturated heterocycles. The van der Waals surface area contributed by atoms with Gasteiger partial charge in [0.1, 0.15) is 0 Å². The number of aliphatic carboxylic acids is 1. The van der Waals surface area contributed by atoms with Crippen LogP contribution in [0.15, 0.2) is 18.2 Å². The highest BCUT2D eigenvalue weighted by atomic mass is 35.5. The lowest BCUT2D eigenvalue weighted by Gasteiger charge is -2.41. The first-order chi connectivity index (χ1) is 8.47. The van der Waals surface area contributed by atoms with Crippen molar-refractivity contribution in [1.29, 1.82) is 0 Å². The van der Waals surface area contributed by atoms with Crippen LogP contribution in [0.25, 0.3) is 0 Å². The minimum Gasteiger partial charge on any atom is -0.481 e. The summed E-state index contributed by atoms with van der Waals surface area (Å²) in [5.74, 6) is -0.727. The smallest absolute Gasteiger partial charge is 0.306 e. The number of carboxylic acids is 1. The molecule has 0 aromatic heterocycles. The summed E-state index contributed by atoms with van der Waals surface area (Å²) in [6.45, 7) is 4.21. The predicted octanol–water partition coefficient (Wildman–Crippen LogP) is 3.15. The number of rotatable bonds is 4. The van der Waals surface area contributed by atoms with Crippen LogP contribution < -0.4 is 0 Å². The SMILES string of the molecule is CC(C(=O)O)C1CN(Cc2ccc(Cl)c(Cl)c2)C1. The molecular weight excluding hydrogens is 273 g/mol. The Labute approximate surface area is 116 Å². The lowest BCUT2D eigenvalue weighted by atomic mass is 9.87. The molecule has 2 rings (SSSR count). The van der Waals surface area contributed by atoms with Gasteiger partial charge in [-0.3, -0.25) is 9.69 Å². The van der Waals surface area contributed by atoms with Gasteiger partial charge in [-0.05, 0) is 23.6 Å². The van der Waals surface area contributed by atoms with Crippen LogP contribution in [0.2, 0.25) is 10.0 Å². The molecule has 5 heteroatoms. The first-order valence-corrected chi connectivity index (χ1v) is 6.62. The lowest BCUT2D eigenvalue weighted by molar-refractivity contribution is -0.145. The fraction of sp³-hybridized carbons (Fsp3) is 0.462. The summed E-state index contributed by atoms with van der Waals surface area (Å²) in [6, 6.07) is 5.59. The van der Waals surface area contributed by atoms with Gasteiger partial charge in [-0.25, -0.2) is 0 Å². The Morgan fingerprint density at radius 2 is 2.11 bits per heavy atom. The Morgan fingerprint density at radius 3 is 2.67 bits per heavy atom. The Morgan fingerprint density at radius 1 is 1.44 bits per heavy atom. The molecular formula is C13H15Cl2NO2. The number of hydrogen-bond donors (Lipinski definition) is 1. The molecule has 18 heavy (non-hydrogen) atoms. The monoisotopic (exact) mass is 287 g/mol. The van der Waals surface area contributed by atoms with Crippen molar-refractivity contribution in [3.05, 3.63) is 33.8 Å². The average Bonchev–Trinajstić information content (AvgIpc) is 2.26. The molecule has 0 radical (unpaired) electrons. The summed E-state index contributed by atoms with van der Waals surface area (Å²) in [6.07, 6.45) is 0. The third-order valence-corrected chi connectivity index (χ3v) is 4.21. The van der Waals surface area contributed by atoms with Crippen molar-refractivity contribution in [3.8, 4) is 0 Å². The predicted molar refractivity (Wildman–Crippen MR) is 72.0 cm³/mol. The van der Waals surface area contributed by atoms with Crippen LogP contribution >= 0.6 is 23.2 Å². The first-order valence-electron chi connectivity index (χ1n) is 5.86. The Bertz CT molecular complexity index is 458. The maximum Gasteiger partial charge on any atom is 0.306 e. The molecule has 0 saturated carbocycles. The van der Waals surface area contributed by atoms with E-state index in [2.05, 4.69) is 4.90 Å². The molecule has 0 bridgehead atoms. The van der Waals surface area contributed by atoms with Crippen molar-refractivity contribution in [3.63, 3.8) is 0 Å². The highest BCUT2D eigenvalue weighted by molar-refractivity contribution is 6.42. The number of carboxylic acid groups (broad SMARTS) is 1. The molecule has 1 aromatic rings. The second kappa shape index (κ2) is 5.47. The Hall–Kier alpha value is -0.770. The highest BCUT2D eigenvalue weighted by Gasteiger charge is 2.34. The van der Waals surface area contributed by atoms with E-state index in [0.29, 0.717) is 10.0 Å². The third kappa shape index (κ3) is 2.97. The van der Waals surface area contributed by atoms with Crippen LogP contribution in [0.5, 0.6) is 0 Å². The van der Waals surface area contributed by atoms with Gasteiger partial charge in [-0.1, -0.05) is 36.2 Å². The Balaban J connectivity index is 1.86. The number of nitrogens with zero attached hydrogens (tertiary/aromatic N) is 1. The molecule has 98 valence electrons. The second-order valence-corrected chi connectivity index (χ2v) is 5.64. The molecule has 1 N–H and O–H groups in total. The molecule has 1 aliphatic heterocycles. The van der Waals surface area contributed by atoms with Gasteiger partial charge < -0.3 is 5.11 Å². The standard InChI is InChI=1S/C13H15Cl2NO2/c1-8(13(17)18)10-6-16(7-10)5-9-2-3-11(14)12(15)4-9/h2-4,8,10H,5-7H2,1H3,(H,17,18). The topological polar surface area (TPSA) is 40.5 Å². The van der Waals surface area contributed by atoms with Crippen molar-refractivity contribution in [2.24, 2.45) is 11.8 Å². The van der Waals surface area contributed by atoms with Gasteiger partial charge >= 0.3 is 5.97 Å². The molecule has 1 unspecified atom stereocenters. The van der Waals surface area contributed by atoms with E-state index in [-0.39, 0.29) is 11.8 Å². The first kappa shape index (κ1) is 13.7. The molecule has 0 aliphatic carbocycles. The number of likely N-dealkylation sites (tertiary alicyclic amines) is 1. The van der Waals surface area contributed by atoms with E-state index in [1.807, 2.05) is 12.1 Å². The molecule has 1 aliphatic rings. The normalized spacial score (nSPS) is 18.4. The molecule has 1 heterocycles. The highest BCUT2D eigenvalue weighted by Crippen LogP contribution is 2.28. The van der Waals surface area contributed by atoms with Crippen LogP contribution in [0.1, 0.15) is 12.5 Å². The molecule has 1 fully saturated rings. The van der Waals surface area contributed by atoms with E-state index in [0.717, 1.165) is 25.2 Å². The van der Waals surface area contributed by atoms with E-state index >= 15 is 0 Å². The average molecular weight is 288 g/mol. The van der Waals surface area contributed by atoms with E-state index in [9.17, 15) is 4.79 Å². The maximum absolute atomic E-state index is 10.8. The molecule has 0 amide bonds. The quantitative estimate of drug-likeness (QED) is 0.925. The minimum atomic E-state index is -0.714. The van der Waals surface area contributed by atoms with Crippen molar-refractivity contribution < 1.29 is 9.90 Å². The summed E-state index contributed by atoms with van der Waals surface area (Å²) in [5.41, 5.74) is 1.10. The molecule has 1 atom stereocenters.